The Morgan fingerprint density at radius 3 is 0.903 bits per heavy atom. The van der Waals surface area contributed by atoms with Gasteiger partial charge in [0.2, 0.25) is 0 Å². The van der Waals surface area contributed by atoms with Gasteiger partial charge >= 0.3 is 17.9 Å². The van der Waals surface area contributed by atoms with Gasteiger partial charge in [0.05, 0.1) is 0 Å². The minimum absolute atomic E-state index is 0.0808. The maximum Gasteiger partial charge on any atom is 0.306 e. The van der Waals surface area contributed by atoms with Crippen LogP contribution in [0.1, 0.15) is 284 Å². The highest BCUT2D eigenvalue weighted by atomic mass is 16.6. The van der Waals surface area contributed by atoms with Gasteiger partial charge in [-0.1, -0.05) is 266 Å². The van der Waals surface area contributed by atoms with Gasteiger partial charge in [-0.05, 0) is 96.3 Å². The summed E-state index contributed by atoms with van der Waals surface area (Å²) in [4.78, 5) is 38.1. The number of esters is 3. The Morgan fingerprint density at radius 2 is 0.569 bits per heavy atom. The molecule has 0 aromatic heterocycles. The van der Waals surface area contributed by atoms with Gasteiger partial charge in [-0.15, -0.1) is 0 Å². The molecule has 6 heteroatoms. The standard InChI is InChI=1S/C66H112O6/c1-4-7-10-13-16-19-22-24-25-26-27-28-29-30-31-32-33-34-35-36-37-38-39-40-41-43-44-47-50-53-56-59-65(68)71-62-63(61-70-64(67)58-55-52-49-46-21-18-15-12-9-6-3)72-66(69)60-57-54-51-48-45-42-23-20-17-14-11-8-5-2/h7,10-11,14,16,19-20,23-25,27-28,30-31,33-34,63H,4-6,8-9,12-13,15,17-18,21-22,26,29,32,35-62H2,1-3H3/b10-7-,14-11-,19-16-,23-20-,25-24-,28-27-,31-30-,34-33-. The molecule has 0 saturated heterocycles. The number of hydrogen-bond acceptors (Lipinski definition) is 6. The highest BCUT2D eigenvalue weighted by molar-refractivity contribution is 5.71. The molecule has 0 aliphatic carbocycles. The second kappa shape index (κ2) is 59.9. The van der Waals surface area contributed by atoms with Gasteiger partial charge in [-0.3, -0.25) is 14.4 Å². The second-order valence-electron chi connectivity index (χ2n) is 19.9. The van der Waals surface area contributed by atoms with Crippen LogP contribution in [0, 0.1) is 0 Å². The number of carbonyl (C=O) groups is 3. The van der Waals surface area contributed by atoms with E-state index in [1.54, 1.807) is 0 Å². The van der Waals surface area contributed by atoms with Crippen molar-refractivity contribution in [1.82, 2.24) is 0 Å². The molecule has 0 rings (SSSR count). The summed E-state index contributed by atoms with van der Waals surface area (Å²) in [6.45, 7) is 6.44. The lowest BCUT2D eigenvalue weighted by Crippen LogP contribution is -2.30. The van der Waals surface area contributed by atoms with Gasteiger partial charge in [-0.25, -0.2) is 0 Å². The first-order valence-electron chi connectivity index (χ1n) is 30.2. The number of rotatable bonds is 54. The lowest BCUT2D eigenvalue weighted by molar-refractivity contribution is -0.167. The van der Waals surface area contributed by atoms with E-state index < -0.39 is 6.10 Å². The SMILES string of the molecule is CC/C=C\C/C=C\C/C=C\C/C=C\C/C=C\C/C=C\CCCCCCCCCCCCCCC(=O)OCC(COC(=O)CCCCCCCCCCCC)OC(=O)CCCCCCC/C=C\C/C=C\CCC. The molecule has 412 valence electrons. The number of unbranched alkanes of at least 4 members (excludes halogenated alkanes) is 27. The van der Waals surface area contributed by atoms with Crippen LogP contribution in [-0.2, 0) is 28.6 Å². The van der Waals surface area contributed by atoms with Crippen molar-refractivity contribution in [2.75, 3.05) is 13.2 Å². The molecule has 0 aliphatic rings. The van der Waals surface area contributed by atoms with Crippen LogP contribution in [0.15, 0.2) is 97.2 Å². The lowest BCUT2D eigenvalue weighted by Gasteiger charge is -2.18. The molecule has 0 amide bonds. The van der Waals surface area contributed by atoms with E-state index in [1.165, 1.54) is 116 Å². The predicted octanol–water partition coefficient (Wildman–Crippen LogP) is 20.5. The third-order valence-corrected chi connectivity index (χ3v) is 12.8. The number of hydrogen-bond donors (Lipinski definition) is 0. The molecule has 1 atom stereocenters. The summed E-state index contributed by atoms with van der Waals surface area (Å²) in [7, 11) is 0. The van der Waals surface area contributed by atoms with Crippen LogP contribution in [-0.4, -0.2) is 37.2 Å². The Bertz CT molecular complexity index is 1430. The molecule has 0 radical (unpaired) electrons. The topological polar surface area (TPSA) is 78.9 Å². The summed E-state index contributed by atoms with van der Waals surface area (Å²) in [6.07, 6.45) is 79.9. The average Bonchev–Trinajstić information content (AvgIpc) is 3.38. The molecule has 0 aromatic carbocycles. The molecular weight excluding hydrogens is 889 g/mol. The minimum Gasteiger partial charge on any atom is -0.462 e. The Balaban J connectivity index is 4.15. The van der Waals surface area contributed by atoms with Crippen LogP contribution >= 0.6 is 0 Å². The van der Waals surface area contributed by atoms with Gasteiger partial charge in [-0.2, -0.15) is 0 Å². The first kappa shape index (κ1) is 68.3. The molecule has 0 spiro atoms. The third kappa shape index (κ3) is 57.2. The first-order valence-corrected chi connectivity index (χ1v) is 30.2. The summed E-state index contributed by atoms with van der Waals surface area (Å²) in [5.41, 5.74) is 0. The van der Waals surface area contributed by atoms with Crippen LogP contribution in [0.25, 0.3) is 0 Å². The number of allylic oxidation sites excluding steroid dienone is 16. The second-order valence-corrected chi connectivity index (χ2v) is 19.9. The highest BCUT2D eigenvalue weighted by Crippen LogP contribution is 2.16. The van der Waals surface area contributed by atoms with Crippen molar-refractivity contribution < 1.29 is 28.6 Å². The zero-order valence-corrected chi connectivity index (χ0v) is 47.2. The normalized spacial score (nSPS) is 12.8. The fourth-order valence-corrected chi connectivity index (χ4v) is 8.31. The van der Waals surface area contributed by atoms with Crippen LogP contribution in [0.3, 0.4) is 0 Å². The van der Waals surface area contributed by atoms with E-state index in [1.807, 2.05) is 0 Å². The monoisotopic (exact) mass is 1000 g/mol. The smallest absolute Gasteiger partial charge is 0.306 e. The molecule has 72 heavy (non-hydrogen) atoms. The third-order valence-electron chi connectivity index (χ3n) is 12.8. The molecular formula is C66H112O6. The number of carbonyl (C=O) groups excluding carboxylic acids is 3. The van der Waals surface area contributed by atoms with E-state index in [2.05, 4.69) is 118 Å². The molecule has 6 nitrogen and oxygen atoms in total. The summed E-state index contributed by atoms with van der Waals surface area (Å²) in [5, 5.41) is 0. The summed E-state index contributed by atoms with van der Waals surface area (Å²) in [5.74, 6) is -0.894. The van der Waals surface area contributed by atoms with Crippen LogP contribution in [0.2, 0.25) is 0 Å². The Hall–Kier alpha value is -3.67. The maximum absolute atomic E-state index is 12.8. The molecule has 0 aromatic rings. The fraction of sp³-hybridized carbons (Fsp3) is 0.712. The van der Waals surface area contributed by atoms with Crippen molar-refractivity contribution in [3.63, 3.8) is 0 Å². The molecule has 0 aliphatic heterocycles. The van der Waals surface area contributed by atoms with Crippen LogP contribution < -0.4 is 0 Å². The largest absolute Gasteiger partial charge is 0.462 e. The van der Waals surface area contributed by atoms with Crippen molar-refractivity contribution in [3.8, 4) is 0 Å². The Labute approximate surface area is 445 Å². The Kier molecular flexibility index (Phi) is 56.8. The molecule has 0 saturated carbocycles. The predicted molar refractivity (Wildman–Crippen MR) is 311 cm³/mol. The zero-order chi connectivity index (χ0) is 52.2. The van der Waals surface area contributed by atoms with E-state index in [0.717, 1.165) is 128 Å². The van der Waals surface area contributed by atoms with Gasteiger partial charge in [0.1, 0.15) is 13.2 Å². The van der Waals surface area contributed by atoms with Gasteiger partial charge in [0.15, 0.2) is 6.10 Å². The van der Waals surface area contributed by atoms with E-state index in [-0.39, 0.29) is 31.1 Å². The van der Waals surface area contributed by atoms with Crippen LogP contribution in [0.5, 0.6) is 0 Å². The number of ether oxygens (including phenoxy) is 3. The van der Waals surface area contributed by atoms with Gasteiger partial charge < -0.3 is 14.2 Å². The van der Waals surface area contributed by atoms with E-state index in [4.69, 9.17) is 14.2 Å². The minimum atomic E-state index is -0.782. The van der Waals surface area contributed by atoms with Gasteiger partial charge in [0.25, 0.3) is 0 Å². The zero-order valence-electron chi connectivity index (χ0n) is 47.2. The molecule has 1 unspecified atom stereocenters. The van der Waals surface area contributed by atoms with Crippen molar-refractivity contribution in [1.29, 1.82) is 0 Å². The highest BCUT2D eigenvalue weighted by Gasteiger charge is 2.19. The van der Waals surface area contributed by atoms with E-state index >= 15 is 0 Å². The van der Waals surface area contributed by atoms with Crippen molar-refractivity contribution in [3.05, 3.63) is 97.2 Å². The molecule has 0 heterocycles. The Morgan fingerprint density at radius 1 is 0.292 bits per heavy atom. The van der Waals surface area contributed by atoms with E-state index in [9.17, 15) is 14.4 Å². The summed E-state index contributed by atoms with van der Waals surface area (Å²) in [6, 6.07) is 0. The first-order chi connectivity index (χ1) is 35.5. The van der Waals surface area contributed by atoms with Gasteiger partial charge in [0, 0.05) is 19.3 Å². The summed E-state index contributed by atoms with van der Waals surface area (Å²) < 4.78 is 16.8. The van der Waals surface area contributed by atoms with E-state index in [0.29, 0.717) is 19.3 Å². The summed E-state index contributed by atoms with van der Waals surface area (Å²) >= 11 is 0. The lowest BCUT2D eigenvalue weighted by atomic mass is 10.0. The molecule has 0 N–H and O–H groups in total. The van der Waals surface area contributed by atoms with Crippen LogP contribution in [0.4, 0.5) is 0 Å². The quantitative estimate of drug-likeness (QED) is 0.0261. The molecule has 0 bridgehead atoms. The van der Waals surface area contributed by atoms with Crippen molar-refractivity contribution in [2.45, 2.75) is 290 Å². The maximum atomic E-state index is 12.8. The fourth-order valence-electron chi connectivity index (χ4n) is 8.31. The average molecular weight is 1000 g/mol. The van der Waals surface area contributed by atoms with Crippen molar-refractivity contribution in [2.24, 2.45) is 0 Å². The molecule has 0 fully saturated rings. The van der Waals surface area contributed by atoms with Crippen molar-refractivity contribution >= 4 is 17.9 Å².